The van der Waals surface area contributed by atoms with Crippen LogP contribution in [0.4, 0.5) is 0 Å². The molecule has 4 rings (SSSR count). The molecule has 1 aliphatic rings. The van der Waals surface area contributed by atoms with E-state index in [2.05, 4.69) is 15.1 Å². The number of piperidine rings is 1. The number of aromatic hydroxyl groups is 1. The minimum Gasteiger partial charge on any atom is -0.508 e. The molecule has 1 aromatic heterocycles. The number of rotatable bonds is 5. The van der Waals surface area contributed by atoms with Gasteiger partial charge in [0.1, 0.15) is 11.6 Å². The molecule has 0 saturated carbocycles. The standard InChI is InChI=1S/C21H24N4O2/c26-19-8-6-17(7-9-19)15-24-12-10-16(11-13-24)14-20-22-23-21(27)25(20)18-4-2-1-3-5-18/h1-9,16,26H,10-15H2,(H,23,27). The summed E-state index contributed by atoms with van der Waals surface area (Å²) in [5, 5.41) is 16.3. The fourth-order valence-corrected chi connectivity index (χ4v) is 3.78. The number of hydrogen-bond donors (Lipinski definition) is 2. The molecule has 0 amide bonds. The molecule has 0 unspecified atom stereocenters. The Balaban J connectivity index is 1.37. The SMILES string of the molecule is O=c1[nH]nc(CC2CCN(Cc3ccc(O)cc3)CC2)n1-c1ccccc1. The van der Waals surface area contributed by atoms with Gasteiger partial charge in [0, 0.05) is 13.0 Å². The van der Waals surface area contributed by atoms with Crippen molar-refractivity contribution in [2.45, 2.75) is 25.8 Å². The molecule has 3 aromatic rings. The molecule has 1 saturated heterocycles. The Morgan fingerprint density at radius 1 is 1.04 bits per heavy atom. The molecule has 6 heteroatoms. The van der Waals surface area contributed by atoms with Gasteiger partial charge in [-0.1, -0.05) is 30.3 Å². The lowest BCUT2D eigenvalue weighted by Gasteiger charge is -2.31. The monoisotopic (exact) mass is 364 g/mol. The van der Waals surface area contributed by atoms with Crippen molar-refractivity contribution in [3.8, 4) is 11.4 Å². The molecule has 0 bridgehead atoms. The Hall–Kier alpha value is -2.86. The summed E-state index contributed by atoms with van der Waals surface area (Å²) in [6.07, 6.45) is 2.99. The largest absolute Gasteiger partial charge is 0.508 e. The van der Waals surface area contributed by atoms with E-state index in [1.807, 2.05) is 42.5 Å². The molecule has 2 aromatic carbocycles. The number of H-pyrrole nitrogens is 1. The minimum absolute atomic E-state index is 0.180. The Morgan fingerprint density at radius 2 is 1.74 bits per heavy atom. The summed E-state index contributed by atoms with van der Waals surface area (Å²) in [5.74, 6) is 1.64. The lowest BCUT2D eigenvalue weighted by atomic mass is 9.93. The predicted octanol–water partition coefficient (Wildman–Crippen LogP) is 2.72. The average Bonchev–Trinajstić information content (AvgIpc) is 3.06. The Bertz CT molecular complexity index is 923. The third kappa shape index (κ3) is 4.11. The van der Waals surface area contributed by atoms with Crippen LogP contribution in [0.5, 0.6) is 5.75 Å². The van der Waals surface area contributed by atoms with E-state index in [0.717, 1.165) is 50.4 Å². The van der Waals surface area contributed by atoms with Crippen molar-refractivity contribution in [2.75, 3.05) is 13.1 Å². The van der Waals surface area contributed by atoms with E-state index in [-0.39, 0.29) is 5.69 Å². The fraction of sp³-hybridized carbons (Fsp3) is 0.333. The number of phenolic OH excluding ortho intramolecular Hbond substituents is 1. The second-order valence-electron chi connectivity index (χ2n) is 7.21. The second kappa shape index (κ2) is 7.80. The molecule has 0 spiro atoms. The minimum atomic E-state index is -0.180. The van der Waals surface area contributed by atoms with Crippen LogP contribution in [0.15, 0.2) is 59.4 Å². The fourth-order valence-electron chi connectivity index (χ4n) is 3.78. The molecular formula is C21H24N4O2. The number of aromatic nitrogens is 3. The molecule has 6 nitrogen and oxygen atoms in total. The van der Waals surface area contributed by atoms with Gasteiger partial charge in [-0.05, 0) is 61.7 Å². The highest BCUT2D eigenvalue weighted by Crippen LogP contribution is 2.23. The van der Waals surface area contributed by atoms with Crippen molar-refractivity contribution in [1.82, 2.24) is 19.7 Å². The van der Waals surface area contributed by atoms with E-state index >= 15 is 0 Å². The molecule has 0 atom stereocenters. The number of phenols is 1. The van der Waals surface area contributed by atoms with Gasteiger partial charge in [0.2, 0.25) is 0 Å². The lowest BCUT2D eigenvalue weighted by molar-refractivity contribution is 0.175. The third-order valence-corrected chi connectivity index (χ3v) is 5.28. The van der Waals surface area contributed by atoms with E-state index in [9.17, 15) is 9.90 Å². The highest BCUT2D eigenvalue weighted by atomic mass is 16.3. The maximum absolute atomic E-state index is 12.2. The summed E-state index contributed by atoms with van der Waals surface area (Å²) >= 11 is 0. The topological polar surface area (TPSA) is 74.2 Å². The first-order valence-electron chi connectivity index (χ1n) is 9.41. The van der Waals surface area contributed by atoms with Crippen LogP contribution in [0.3, 0.4) is 0 Å². The van der Waals surface area contributed by atoms with Crippen molar-refractivity contribution in [2.24, 2.45) is 5.92 Å². The van der Waals surface area contributed by atoms with Crippen LogP contribution in [0, 0.1) is 5.92 Å². The van der Waals surface area contributed by atoms with Crippen LogP contribution in [-0.2, 0) is 13.0 Å². The first kappa shape index (κ1) is 17.5. The number of benzene rings is 2. The summed E-state index contributed by atoms with van der Waals surface area (Å²) in [6.45, 7) is 2.97. The summed E-state index contributed by atoms with van der Waals surface area (Å²) in [4.78, 5) is 14.6. The van der Waals surface area contributed by atoms with Gasteiger partial charge in [0.15, 0.2) is 0 Å². The van der Waals surface area contributed by atoms with Gasteiger partial charge in [-0.3, -0.25) is 4.90 Å². The van der Waals surface area contributed by atoms with Gasteiger partial charge in [-0.15, -0.1) is 0 Å². The van der Waals surface area contributed by atoms with Crippen molar-refractivity contribution in [3.05, 3.63) is 76.5 Å². The van der Waals surface area contributed by atoms with Crippen LogP contribution < -0.4 is 5.69 Å². The summed E-state index contributed by atoms with van der Waals surface area (Å²) in [5.41, 5.74) is 1.90. The van der Waals surface area contributed by atoms with Gasteiger partial charge >= 0.3 is 5.69 Å². The van der Waals surface area contributed by atoms with Crippen molar-refractivity contribution < 1.29 is 5.11 Å². The number of para-hydroxylation sites is 1. The lowest BCUT2D eigenvalue weighted by Crippen LogP contribution is -2.34. The number of nitrogens with one attached hydrogen (secondary N) is 1. The normalized spacial score (nSPS) is 15.9. The van der Waals surface area contributed by atoms with E-state index in [4.69, 9.17) is 0 Å². The first-order chi connectivity index (χ1) is 13.2. The maximum atomic E-state index is 12.2. The van der Waals surface area contributed by atoms with E-state index in [1.54, 1.807) is 16.7 Å². The highest BCUT2D eigenvalue weighted by Gasteiger charge is 2.22. The number of hydrogen-bond acceptors (Lipinski definition) is 4. The van der Waals surface area contributed by atoms with Crippen molar-refractivity contribution in [1.29, 1.82) is 0 Å². The van der Waals surface area contributed by atoms with Gasteiger partial charge in [0.25, 0.3) is 0 Å². The van der Waals surface area contributed by atoms with Crippen LogP contribution in [0.25, 0.3) is 5.69 Å². The van der Waals surface area contributed by atoms with Crippen molar-refractivity contribution >= 4 is 0 Å². The zero-order chi connectivity index (χ0) is 18.6. The highest BCUT2D eigenvalue weighted by molar-refractivity contribution is 5.32. The molecule has 27 heavy (non-hydrogen) atoms. The van der Waals surface area contributed by atoms with Gasteiger partial charge < -0.3 is 5.11 Å². The summed E-state index contributed by atoms with van der Waals surface area (Å²) in [6, 6.07) is 17.1. The Morgan fingerprint density at radius 3 is 2.44 bits per heavy atom. The Labute approximate surface area is 158 Å². The van der Waals surface area contributed by atoms with E-state index < -0.39 is 0 Å². The maximum Gasteiger partial charge on any atom is 0.347 e. The van der Waals surface area contributed by atoms with Crippen LogP contribution in [0.2, 0.25) is 0 Å². The van der Waals surface area contributed by atoms with E-state index in [0.29, 0.717) is 11.7 Å². The average molecular weight is 364 g/mol. The zero-order valence-electron chi connectivity index (χ0n) is 15.2. The van der Waals surface area contributed by atoms with Crippen LogP contribution in [-0.4, -0.2) is 37.9 Å². The molecule has 2 N–H and O–H groups in total. The smallest absolute Gasteiger partial charge is 0.347 e. The molecule has 2 heterocycles. The van der Waals surface area contributed by atoms with Gasteiger partial charge in [0.05, 0.1) is 5.69 Å². The second-order valence-corrected chi connectivity index (χ2v) is 7.21. The first-order valence-corrected chi connectivity index (χ1v) is 9.41. The molecular weight excluding hydrogens is 340 g/mol. The van der Waals surface area contributed by atoms with Crippen LogP contribution >= 0.6 is 0 Å². The summed E-state index contributed by atoms with van der Waals surface area (Å²) in [7, 11) is 0. The van der Waals surface area contributed by atoms with E-state index in [1.165, 1.54) is 5.56 Å². The number of nitrogens with zero attached hydrogens (tertiary/aromatic N) is 3. The third-order valence-electron chi connectivity index (χ3n) is 5.28. The number of likely N-dealkylation sites (tertiary alicyclic amines) is 1. The van der Waals surface area contributed by atoms with Crippen molar-refractivity contribution in [3.63, 3.8) is 0 Å². The van der Waals surface area contributed by atoms with Gasteiger partial charge in [-0.2, -0.15) is 5.10 Å². The zero-order valence-corrected chi connectivity index (χ0v) is 15.2. The van der Waals surface area contributed by atoms with Gasteiger partial charge in [-0.25, -0.2) is 14.5 Å². The molecule has 140 valence electrons. The molecule has 0 radical (unpaired) electrons. The molecule has 0 aliphatic carbocycles. The Kier molecular flexibility index (Phi) is 5.07. The molecule has 1 aliphatic heterocycles. The summed E-state index contributed by atoms with van der Waals surface area (Å²) < 4.78 is 1.68. The number of aromatic amines is 1. The van der Waals surface area contributed by atoms with Crippen LogP contribution in [0.1, 0.15) is 24.2 Å². The predicted molar refractivity (Wildman–Crippen MR) is 104 cm³/mol. The molecule has 1 fully saturated rings. The quantitative estimate of drug-likeness (QED) is 0.730.